The van der Waals surface area contributed by atoms with Gasteiger partial charge in [0, 0.05) is 40.4 Å². The largest absolute Gasteiger partial charge is 0.377 e. The topological polar surface area (TPSA) is 76.1 Å². The Kier molecular flexibility index (Phi) is 5.97. The van der Waals surface area contributed by atoms with Crippen molar-refractivity contribution in [3.05, 3.63) is 77.5 Å². The highest BCUT2D eigenvalue weighted by Crippen LogP contribution is 2.32. The van der Waals surface area contributed by atoms with Crippen molar-refractivity contribution in [2.24, 2.45) is 0 Å². The van der Waals surface area contributed by atoms with Crippen molar-refractivity contribution < 1.29 is 13.9 Å². The number of hydrogen-bond donors (Lipinski definition) is 2. The van der Waals surface area contributed by atoms with Gasteiger partial charge in [-0.1, -0.05) is 18.2 Å². The standard InChI is InChI=1S/C23H20ClFN4O2/c1-13(2)17-10-27-21(16-7-14(24)3-4-19(16)25)8-22(17)29-20-5-6-26-9-18(20)23(30)28-15-11-31-12-15/h3-10,15H,1,11-12H2,2H3,(H,28,30)(H,26,27,29). The van der Waals surface area contributed by atoms with Gasteiger partial charge in [0.2, 0.25) is 0 Å². The molecule has 4 rings (SSSR count). The molecule has 1 aromatic carbocycles. The van der Waals surface area contributed by atoms with Crippen molar-refractivity contribution in [3.63, 3.8) is 0 Å². The summed E-state index contributed by atoms with van der Waals surface area (Å²) >= 11 is 6.05. The Hall–Kier alpha value is -3.29. The average molecular weight is 439 g/mol. The van der Waals surface area contributed by atoms with Crippen LogP contribution >= 0.6 is 11.6 Å². The second kappa shape index (κ2) is 8.83. The quantitative estimate of drug-likeness (QED) is 0.575. The Morgan fingerprint density at radius 2 is 2.00 bits per heavy atom. The number of anilines is 2. The molecule has 0 unspecified atom stereocenters. The molecule has 0 aliphatic carbocycles. The molecule has 3 aromatic rings. The van der Waals surface area contributed by atoms with Crippen LogP contribution in [-0.4, -0.2) is 35.1 Å². The minimum absolute atomic E-state index is 0.00938. The van der Waals surface area contributed by atoms with Gasteiger partial charge in [0.15, 0.2) is 0 Å². The number of hydrogen-bond acceptors (Lipinski definition) is 5. The number of amides is 1. The number of benzene rings is 1. The van der Waals surface area contributed by atoms with Crippen LogP contribution in [0.1, 0.15) is 22.8 Å². The van der Waals surface area contributed by atoms with E-state index < -0.39 is 5.82 Å². The Bertz CT molecular complexity index is 1160. The molecule has 0 atom stereocenters. The van der Waals surface area contributed by atoms with Gasteiger partial charge in [-0.3, -0.25) is 14.8 Å². The molecule has 1 amide bonds. The third-order valence-corrected chi connectivity index (χ3v) is 5.11. The maximum Gasteiger partial charge on any atom is 0.255 e. The van der Waals surface area contributed by atoms with Crippen LogP contribution in [0, 0.1) is 5.82 Å². The molecule has 158 valence electrons. The SMILES string of the molecule is C=C(C)c1cnc(-c2cc(Cl)ccc2F)cc1Nc1ccncc1C(=O)NC1COC1. The van der Waals surface area contributed by atoms with Gasteiger partial charge in [-0.2, -0.15) is 0 Å². The molecule has 31 heavy (non-hydrogen) atoms. The fraction of sp³-hybridized carbons (Fsp3) is 0.174. The highest BCUT2D eigenvalue weighted by atomic mass is 35.5. The minimum Gasteiger partial charge on any atom is -0.377 e. The fourth-order valence-corrected chi connectivity index (χ4v) is 3.32. The number of carbonyl (C=O) groups is 1. The van der Waals surface area contributed by atoms with Crippen molar-refractivity contribution in [2.75, 3.05) is 18.5 Å². The normalized spacial score (nSPS) is 13.4. The van der Waals surface area contributed by atoms with Crippen molar-refractivity contribution in [2.45, 2.75) is 13.0 Å². The number of allylic oxidation sites excluding steroid dienone is 1. The molecule has 6 nitrogen and oxygen atoms in total. The first kappa shape index (κ1) is 21.0. The van der Waals surface area contributed by atoms with E-state index in [1.807, 2.05) is 6.92 Å². The summed E-state index contributed by atoms with van der Waals surface area (Å²) in [6.07, 6.45) is 4.70. The summed E-state index contributed by atoms with van der Waals surface area (Å²) in [7, 11) is 0. The highest BCUT2D eigenvalue weighted by Gasteiger charge is 2.23. The van der Waals surface area contributed by atoms with E-state index in [0.29, 0.717) is 40.9 Å². The van der Waals surface area contributed by atoms with Gasteiger partial charge in [0.1, 0.15) is 5.82 Å². The van der Waals surface area contributed by atoms with Gasteiger partial charge in [-0.05, 0) is 42.8 Å². The van der Waals surface area contributed by atoms with Crippen molar-refractivity contribution in [3.8, 4) is 11.3 Å². The lowest BCUT2D eigenvalue weighted by atomic mass is 10.0. The third-order valence-electron chi connectivity index (χ3n) is 4.88. The lowest BCUT2D eigenvalue weighted by Crippen LogP contribution is -2.48. The van der Waals surface area contributed by atoms with Gasteiger partial charge in [-0.25, -0.2) is 4.39 Å². The molecular formula is C23H20ClFN4O2. The number of carbonyl (C=O) groups excluding carboxylic acids is 1. The molecule has 3 heterocycles. The van der Waals surface area contributed by atoms with E-state index >= 15 is 0 Å². The van der Waals surface area contributed by atoms with Crippen LogP contribution in [0.2, 0.25) is 5.02 Å². The zero-order valence-electron chi connectivity index (χ0n) is 16.8. The molecule has 0 spiro atoms. The van der Waals surface area contributed by atoms with E-state index in [4.69, 9.17) is 16.3 Å². The summed E-state index contributed by atoms with van der Waals surface area (Å²) in [6.45, 7) is 6.83. The molecule has 0 bridgehead atoms. The van der Waals surface area contributed by atoms with E-state index in [0.717, 1.165) is 11.1 Å². The van der Waals surface area contributed by atoms with E-state index in [2.05, 4.69) is 27.2 Å². The Morgan fingerprint density at radius 1 is 1.19 bits per heavy atom. The zero-order chi connectivity index (χ0) is 22.0. The lowest BCUT2D eigenvalue weighted by molar-refractivity contribution is -0.00345. The minimum atomic E-state index is -0.433. The summed E-state index contributed by atoms with van der Waals surface area (Å²) in [4.78, 5) is 21.2. The van der Waals surface area contributed by atoms with E-state index in [1.165, 1.54) is 24.4 Å². The van der Waals surface area contributed by atoms with E-state index in [1.54, 1.807) is 24.5 Å². The van der Waals surface area contributed by atoms with Crippen molar-refractivity contribution in [1.29, 1.82) is 0 Å². The molecule has 0 saturated carbocycles. The Balaban J connectivity index is 1.71. The number of ether oxygens (including phenoxy) is 1. The van der Waals surface area contributed by atoms with Gasteiger partial charge < -0.3 is 15.4 Å². The van der Waals surface area contributed by atoms with Crippen LogP contribution in [0.25, 0.3) is 16.8 Å². The number of nitrogens with zero attached hydrogens (tertiary/aromatic N) is 2. The molecule has 0 radical (unpaired) electrons. The maximum atomic E-state index is 14.4. The van der Waals surface area contributed by atoms with Gasteiger partial charge in [-0.15, -0.1) is 0 Å². The first-order valence-corrected chi connectivity index (χ1v) is 10.0. The van der Waals surface area contributed by atoms with Gasteiger partial charge >= 0.3 is 0 Å². The number of aromatic nitrogens is 2. The molecule has 1 aliphatic rings. The van der Waals surface area contributed by atoms with Crippen LogP contribution in [0.4, 0.5) is 15.8 Å². The monoisotopic (exact) mass is 438 g/mol. The van der Waals surface area contributed by atoms with Crippen LogP contribution < -0.4 is 10.6 Å². The highest BCUT2D eigenvalue weighted by molar-refractivity contribution is 6.30. The van der Waals surface area contributed by atoms with Crippen molar-refractivity contribution >= 4 is 34.5 Å². The molecule has 1 fully saturated rings. The Labute approximate surface area is 184 Å². The predicted octanol–water partition coefficient (Wildman–Crippen LogP) is 4.84. The van der Waals surface area contributed by atoms with E-state index in [-0.39, 0.29) is 17.5 Å². The molecule has 1 saturated heterocycles. The third kappa shape index (κ3) is 4.57. The lowest BCUT2D eigenvalue weighted by Gasteiger charge is -2.27. The number of pyridine rings is 2. The molecule has 2 aromatic heterocycles. The summed E-state index contributed by atoms with van der Waals surface area (Å²) in [5, 5.41) is 6.58. The maximum absolute atomic E-state index is 14.4. The van der Waals surface area contributed by atoms with Gasteiger partial charge in [0.05, 0.1) is 36.2 Å². The molecular weight excluding hydrogens is 419 g/mol. The van der Waals surface area contributed by atoms with Crippen LogP contribution in [-0.2, 0) is 4.74 Å². The number of nitrogens with one attached hydrogen (secondary N) is 2. The predicted molar refractivity (Wildman–Crippen MR) is 119 cm³/mol. The smallest absolute Gasteiger partial charge is 0.255 e. The second-order valence-electron chi connectivity index (χ2n) is 7.27. The summed E-state index contributed by atoms with van der Waals surface area (Å²) < 4.78 is 19.5. The second-order valence-corrected chi connectivity index (χ2v) is 7.71. The first-order chi connectivity index (χ1) is 14.9. The zero-order valence-corrected chi connectivity index (χ0v) is 17.5. The van der Waals surface area contributed by atoms with Crippen LogP contribution in [0.3, 0.4) is 0 Å². The summed E-state index contributed by atoms with van der Waals surface area (Å²) in [6, 6.07) is 7.71. The van der Waals surface area contributed by atoms with Gasteiger partial charge in [0.25, 0.3) is 5.91 Å². The van der Waals surface area contributed by atoms with Crippen LogP contribution in [0.5, 0.6) is 0 Å². The van der Waals surface area contributed by atoms with E-state index in [9.17, 15) is 9.18 Å². The number of halogens is 2. The first-order valence-electron chi connectivity index (χ1n) is 9.63. The molecule has 2 N–H and O–H groups in total. The number of rotatable bonds is 6. The molecule has 8 heteroatoms. The van der Waals surface area contributed by atoms with Crippen LogP contribution in [0.15, 0.2) is 55.5 Å². The Morgan fingerprint density at radius 3 is 2.71 bits per heavy atom. The summed E-state index contributed by atoms with van der Waals surface area (Å²) in [5.41, 5.74) is 3.75. The average Bonchev–Trinajstić information content (AvgIpc) is 2.72. The fourth-order valence-electron chi connectivity index (χ4n) is 3.15. The summed E-state index contributed by atoms with van der Waals surface area (Å²) in [5.74, 6) is -0.687. The van der Waals surface area contributed by atoms with Crippen molar-refractivity contribution in [1.82, 2.24) is 15.3 Å². The molecule has 1 aliphatic heterocycles.